The summed E-state index contributed by atoms with van der Waals surface area (Å²) in [4.78, 5) is 11.8. The number of rotatable bonds is 9. The molecule has 0 aliphatic carbocycles. The number of hydrogen-bond acceptors (Lipinski definition) is 3. The van der Waals surface area contributed by atoms with Gasteiger partial charge in [-0.2, -0.15) is 0 Å². The Hall–Kier alpha value is -0.770. The van der Waals surface area contributed by atoms with Crippen molar-refractivity contribution in [3.05, 3.63) is 0 Å². The van der Waals surface area contributed by atoms with Gasteiger partial charge in [-0.1, -0.05) is 40.0 Å². The number of unbranched alkanes of at least 4 members (excludes halogenated alkanes) is 1. The van der Waals surface area contributed by atoms with Crippen molar-refractivity contribution >= 4 is 6.09 Å². The van der Waals surface area contributed by atoms with Crippen molar-refractivity contribution in [2.75, 3.05) is 6.54 Å². The fourth-order valence-electron chi connectivity index (χ4n) is 2.11. The van der Waals surface area contributed by atoms with Gasteiger partial charge >= 0.3 is 6.09 Å². The Morgan fingerprint density at radius 3 is 2.29 bits per heavy atom. The summed E-state index contributed by atoms with van der Waals surface area (Å²) in [6.07, 6.45) is 4.24. The van der Waals surface area contributed by atoms with E-state index in [1.807, 2.05) is 20.8 Å². The van der Waals surface area contributed by atoms with Gasteiger partial charge in [-0.15, -0.1) is 0 Å². The van der Waals surface area contributed by atoms with E-state index in [-0.39, 0.29) is 6.09 Å². The highest BCUT2D eigenvalue weighted by atomic mass is 16.6. The molecule has 0 aromatic heterocycles. The fourth-order valence-corrected chi connectivity index (χ4v) is 2.11. The van der Waals surface area contributed by atoms with E-state index in [0.717, 1.165) is 12.8 Å². The van der Waals surface area contributed by atoms with Crippen LogP contribution in [0.5, 0.6) is 0 Å². The SMILES string of the molecule is CCCCC(CNC(=O)OC(C)(C)C)NC(C)C(C)CC. The molecule has 4 nitrogen and oxygen atoms in total. The van der Waals surface area contributed by atoms with Gasteiger partial charge < -0.3 is 15.4 Å². The molecule has 0 fully saturated rings. The van der Waals surface area contributed by atoms with E-state index in [1.165, 1.54) is 12.8 Å². The van der Waals surface area contributed by atoms with E-state index in [1.54, 1.807) is 0 Å². The maximum Gasteiger partial charge on any atom is 0.407 e. The van der Waals surface area contributed by atoms with Gasteiger partial charge in [-0.25, -0.2) is 4.79 Å². The fraction of sp³-hybridized carbons (Fsp3) is 0.941. The van der Waals surface area contributed by atoms with Crippen LogP contribution in [0, 0.1) is 5.92 Å². The number of carbonyl (C=O) groups excluding carboxylic acids is 1. The minimum atomic E-state index is -0.444. The molecule has 0 rings (SSSR count). The summed E-state index contributed by atoms with van der Waals surface area (Å²) in [6, 6.07) is 0.763. The molecule has 0 heterocycles. The van der Waals surface area contributed by atoms with Crippen molar-refractivity contribution in [1.29, 1.82) is 0 Å². The van der Waals surface area contributed by atoms with Crippen molar-refractivity contribution in [2.45, 2.75) is 91.8 Å². The van der Waals surface area contributed by atoms with E-state index >= 15 is 0 Å². The van der Waals surface area contributed by atoms with E-state index in [0.29, 0.717) is 24.5 Å². The number of alkyl carbamates (subject to hydrolysis) is 1. The molecule has 3 unspecified atom stereocenters. The normalized spacial score (nSPS) is 16.1. The molecule has 126 valence electrons. The Kier molecular flexibility index (Phi) is 9.67. The van der Waals surface area contributed by atoms with Crippen LogP contribution in [0.1, 0.15) is 74.1 Å². The number of carbonyl (C=O) groups is 1. The average molecular weight is 300 g/mol. The summed E-state index contributed by atoms with van der Waals surface area (Å²) < 4.78 is 5.29. The van der Waals surface area contributed by atoms with Crippen LogP contribution in [0.15, 0.2) is 0 Å². The van der Waals surface area contributed by atoms with Gasteiger partial charge in [0.15, 0.2) is 0 Å². The van der Waals surface area contributed by atoms with Crippen molar-refractivity contribution in [2.24, 2.45) is 5.92 Å². The lowest BCUT2D eigenvalue weighted by Gasteiger charge is -2.28. The first-order valence-electron chi connectivity index (χ1n) is 8.42. The third kappa shape index (κ3) is 10.6. The van der Waals surface area contributed by atoms with Gasteiger partial charge in [0.05, 0.1) is 0 Å². The number of nitrogens with one attached hydrogen (secondary N) is 2. The molecule has 0 aromatic carbocycles. The zero-order valence-electron chi connectivity index (χ0n) is 15.1. The Bertz CT molecular complexity index is 287. The lowest BCUT2D eigenvalue weighted by molar-refractivity contribution is 0.0520. The van der Waals surface area contributed by atoms with Crippen LogP contribution in [-0.4, -0.2) is 30.3 Å². The van der Waals surface area contributed by atoms with Gasteiger partial charge in [-0.05, 0) is 40.0 Å². The predicted molar refractivity (Wildman–Crippen MR) is 89.6 cm³/mol. The van der Waals surface area contributed by atoms with Crippen molar-refractivity contribution < 1.29 is 9.53 Å². The largest absolute Gasteiger partial charge is 0.444 e. The highest BCUT2D eigenvalue weighted by molar-refractivity contribution is 5.67. The average Bonchev–Trinajstić information content (AvgIpc) is 2.38. The molecule has 0 aliphatic heterocycles. The molecule has 1 amide bonds. The van der Waals surface area contributed by atoms with Crippen molar-refractivity contribution in [1.82, 2.24) is 10.6 Å². The first-order chi connectivity index (χ1) is 9.69. The van der Waals surface area contributed by atoms with Crippen LogP contribution >= 0.6 is 0 Å². The van der Waals surface area contributed by atoms with Crippen LogP contribution in [0.2, 0.25) is 0 Å². The quantitative estimate of drug-likeness (QED) is 0.674. The zero-order valence-corrected chi connectivity index (χ0v) is 15.1. The first kappa shape index (κ1) is 20.2. The van der Waals surface area contributed by atoms with E-state index in [9.17, 15) is 4.79 Å². The molecule has 0 saturated heterocycles. The number of ether oxygens (including phenoxy) is 1. The van der Waals surface area contributed by atoms with Gasteiger partial charge in [0, 0.05) is 18.6 Å². The first-order valence-corrected chi connectivity index (χ1v) is 8.42. The van der Waals surface area contributed by atoms with E-state index in [4.69, 9.17) is 4.74 Å². The Morgan fingerprint density at radius 2 is 1.81 bits per heavy atom. The topological polar surface area (TPSA) is 50.4 Å². The van der Waals surface area contributed by atoms with Crippen LogP contribution < -0.4 is 10.6 Å². The number of hydrogen-bond donors (Lipinski definition) is 2. The Morgan fingerprint density at radius 1 is 1.19 bits per heavy atom. The molecule has 0 bridgehead atoms. The molecule has 2 N–H and O–H groups in total. The Labute approximate surface area is 131 Å². The summed E-state index contributed by atoms with van der Waals surface area (Å²) in [7, 11) is 0. The summed E-state index contributed by atoms with van der Waals surface area (Å²) in [5, 5.41) is 6.54. The summed E-state index contributed by atoms with van der Waals surface area (Å²) in [6.45, 7) is 15.1. The highest BCUT2D eigenvalue weighted by Crippen LogP contribution is 2.10. The van der Waals surface area contributed by atoms with E-state index in [2.05, 4.69) is 38.3 Å². The minimum Gasteiger partial charge on any atom is -0.444 e. The van der Waals surface area contributed by atoms with Gasteiger partial charge in [-0.3, -0.25) is 0 Å². The standard InChI is InChI=1S/C17H36N2O2/c1-8-10-11-15(19-14(4)13(3)9-2)12-18-16(20)21-17(5,6)7/h13-15,19H,8-12H2,1-7H3,(H,18,20). The van der Waals surface area contributed by atoms with Gasteiger partial charge in [0.1, 0.15) is 5.60 Å². The minimum absolute atomic E-state index is 0.307. The van der Waals surface area contributed by atoms with Gasteiger partial charge in [0.25, 0.3) is 0 Å². The van der Waals surface area contributed by atoms with Crippen LogP contribution in [0.25, 0.3) is 0 Å². The van der Waals surface area contributed by atoms with Crippen LogP contribution in [-0.2, 0) is 4.74 Å². The molecule has 3 atom stereocenters. The molecule has 0 aliphatic rings. The second-order valence-electron chi connectivity index (χ2n) is 7.06. The lowest BCUT2D eigenvalue weighted by Crippen LogP contribution is -2.47. The highest BCUT2D eigenvalue weighted by Gasteiger charge is 2.19. The van der Waals surface area contributed by atoms with Gasteiger partial charge in [0.2, 0.25) is 0 Å². The van der Waals surface area contributed by atoms with Crippen molar-refractivity contribution in [3.8, 4) is 0 Å². The molecule has 0 saturated carbocycles. The molecule has 4 heteroatoms. The zero-order chi connectivity index (χ0) is 16.5. The molecule has 0 radical (unpaired) electrons. The lowest BCUT2D eigenvalue weighted by atomic mass is 9.99. The molecule has 21 heavy (non-hydrogen) atoms. The van der Waals surface area contributed by atoms with Crippen molar-refractivity contribution in [3.63, 3.8) is 0 Å². The molecule has 0 spiro atoms. The molecular formula is C17H36N2O2. The second kappa shape index (κ2) is 10.0. The molecule has 0 aromatic rings. The third-order valence-electron chi connectivity index (χ3n) is 3.79. The third-order valence-corrected chi connectivity index (χ3v) is 3.79. The summed E-state index contributed by atoms with van der Waals surface area (Å²) in [5.41, 5.74) is -0.444. The summed E-state index contributed by atoms with van der Waals surface area (Å²) >= 11 is 0. The van der Waals surface area contributed by atoms with E-state index < -0.39 is 5.60 Å². The maximum atomic E-state index is 11.8. The second-order valence-corrected chi connectivity index (χ2v) is 7.06. The monoisotopic (exact) mass is 300 g/mol. The van der Waals surface area contributed by atoms with Crippen LogP contribution in [0.3, 0.4) is 0 Å². The smallest absolute Gasteiger partial charge is 0.407 e. The van der Waals surface area contributed by atoms with Crippen LogP contribution in [0.4, 0.5) is 4.79 Å². The molecular weight excluding hydrogens is 264 g/mol. The Balaban J connectivity index is 4.32. The number of amides is 1. The maximum absolute atomic E-state index is 11.8. The predicted octanol–water partition coefficient (Wildman–Crippen LogP) is 4.09. The summed E-state index contributed by atoms with van der Waals surface area (Å²) in [5.74, 6) is 0.635.